The molecule has 0 N–H and O–H groups in total. The quantitative estimate of drug-likeness (QED) is 0.339. The third-order valence-electron chi connectivity index (χ3n) is 6.50. The number of hydrogen-bond donors (Lipinski definition) is 0. The summed E-state index contributed by atoms with van der Waals surface area (Å²) in [4.78, 5) is 19.0. The Morgan fingerprint density at radius 2 is 1.69 bits per heavy atom. The Bertz CT molecular complexity index is 1240. The fourth-order valence-electron chi connectivity index (χ4n) is 4.33. The van der Waals surface area contributed by atoms with Gasteiger partial charge in [-0.1, -0.05) is 41.9 Å². The number of aryl methyl sites for hydroxylation is 1. The number of rotatable bonds is 11. The Morgan fingerprint density at radius 1 is 1.00 bits per heavy atom. The third kappa shape index (κ3) is 6.95. The smallest absolute Gasteiger partial charge is 0.243 e. The molecule has 1 aliphatic rings. The number of benzene rings is 2. The summed E-state index contributed by atoms with van der Waals surface area (Å²) in [7, 11) is -3.88. The Hall–Kier alpha value is -2.23. The average Bonchev–Trinajstić information content (AvgIpc) is 3.54. The van der Waals surface area contributed by atoms with Crippen molar-refractivity contribution in [2.75, 3.05) is 32.7 Å². The fourth-order valence-corrected chi connectivity index (χ4v) is 6.75. The molecule has 1 saturated heterocycles. The second kappa shape index (κ2) is 12.3. The van der Waals surface area contributed by atoms with Crippen LogP contribution in [0.2, 0.25) is 5.02 Å². The van der Waals surface area contributed by atoms with Crippen LogP contribution in [-0.2, 0) is 27.9 Å². The summed E-state index contributed by atoms with van der Waals surface area (Å²) in [5.74, 6) is -0.217. The number of carbonyl (C=O) groups excluding carboxylic acids is 1. The zero-order chi connectivity index (χ0) is 25.5. The molecule has 1 amide bonds. The molecule has 9 heteroatoms. The van der Waals surface area contributed by atoms with Gasteiger partial charge >= 0.3 is 0 Å². The summed E-state index contributed by atoms with van der Waals surface area (Å²) < 4.78 is 28.6. The number of hydrogen-bond acceptors (Lipinski definition) is 5. The molecule has 3 aromatic rings. The molecule has 0 saturated carbocycles. The normalized spacial score (nSPS) is 14.4. The first-order chi connectivity index (χ1) is 17.3. The Kier molecular flexibility index (Phi) is 9.19. The lowest BCUT2D eigenvalue weighted by atomic mass is 10.2. The van der Waals surface area contributed by atoms with E-state index in [1.54, 1.807) is 28.4 Å². The van der Waals surface area contributed by atoms with Crippen LogP contribution in [-0.4, -0.2) is 61.2 Å². The second-order valence-electron chi connectivity index (χ2n) is 9.10. The molecule has 0 aliphatic carbocycles. The number of amides is 1. The van der Waals surface area contributed by atoms with Crippen LogP contribution in [0.15, 0.2) is 70.9 Å². The highest BCUT2D eigenvalue weighted by Crippen LogP contribution is 2.22. The third-order valence-corrected chi connectivity index (χ3v) is 9.62. The predicted molar refractivity (Wildman–Crippen MR) is 146 cm³/mol. The first-order valence-corrected chi connectivity index (χ1v) is 14.9. The van der Waals surface area contributed by atoms with E-state index in [1.165, 1.54) is 16.4 Å². The molecule has 0 bridgehead atoms. The van der Waals surface area contributed by atoms with E-state index in [0.29, 0.717) is 24.7 Å². The maximum absolute atomic E-state index is 13.7. The molecular weight excluding hydrogens is 514 g/mol. The van der Waals surface area contributed by atoms with Crippen LogP contribution in [0.1, 0.15) is 28.8 Å². The number of thiophene rings is 1. The lowest BCUT2D eigenvalue weighted by Gasteiger charge is -2.28. The highest BCUT2D eigenvalue weighted by Gasteiger charge is 2.29. The Balaban J connectivity index is 1.58. The minimum absolute atomic E-state index is 0.143. The molecule has 1 aromatic heterocycles. The van der Waals surface area contributed by atoms with Gasteiger partial charge < -0.3 is 9.80 Å². The van der Waals surface area contributed by atoms with Gasteiger partial charge in [0.05, 0.1) is 18.0 Å². The minimum atomic E-state index is -3.88. The van der Waals surface area contributed by atoms with Crippen LogP contribution >= 0.6 is 22.9 Å². The SMILES string of the molecule is Cc1ccsc1CN(Cc1ccccc1)C(=O)CN(CCN1CCCC1)S(=O)(=O)c1ccc(Cl)cc1. The second-order valence-corrected chi connectivity index (χ2v) is 12.5. The summed E-state index contributed by atoms with van der Waals surface area (Å²) in [5.41, 5.74) is 2.13. The van der Waals surface area contributed by atoms with Crippen molar-refractivity contribution in [3.63, 3.8) is 0 Å². The number of likely N-dealkylation sites (tertiary alicyclic amines) is 1. The summed E-state index contributed by atoms with van der Waals surface area (Å²) in [6.07, 6.45) is 2.24. The van der Waals surface area contributed by atoms with Gasteiger partial charge in [0.1, 0.15) is 0 Å². The van der Waals surface area contributed by atoms with Crippen molar-refractivity contribution in [1.29, 1.82) is 0 Å². The van der Waals surface area contributed by atoms with Crippen molar-refractivity contribution in [1.82, 2.24) is 14.1 Å². The molecule has 1 aliphatic heterocycles. The van der Waals surface area contributed by atoms with E-state index in [4.69, 9.17) is 11.6 Å². The van der Waals surface area contributed by atoms with Gasteiger partial charge in [0.25, 0.3) is 0 Å². The van der Waals surface area contributed by atoms with Crippen LogP contribution < -0.4 is 0 Å². The molecule has 0 radical (unpaired) electrons. The molecule has 192 valence electrons. The Labute approximate surface area is 223 Å². The molecule has 0 atom stereocenters. The zero-order valence-corrected chi connectivity index (χ0v) is 22.9. The van der Waals surface area contributed by atoms with E-state index in [2.05, 4.69) is 4.90 Å². The molecule has 1 fully saturated rings. The molecule has 2 heterocycles. The monoisotopic (exact) mass is 545 g/mol. The van der Waals surface area contributed by atoms with Crippen LogP contribution in [0.5, 0.6) is 0 Å². The minimum Gasteiger partial charge on any atom is -0.332 e. The average molecular weight is 546 g/mol. The molecule has 2 aromatic carbocycles. The Morgan fingerprint density at radius 3 is 2.33 bits per heavy atom. The van der Waals surface area contributed by atoms with Gasteiger partial charge in [-0.3, -0.25) is 4.79 Å². The van der Waals surface area contributed by atoms with Gasteiger partial charge in [0.2, 0.25) is 15.9 Å². The van der Waals surface area contributed by atoms with Crippen molar-refractivity contribution >= 4 is 38.9 Å². The number of nitrogens with zero attached hydrogens (tertiary/aromatic N) is 3. The van der Waals surface area contributed by atoms with Crippen molar-refractivity contribution in [3.05, 3.63) is 87.1 Å². The van der Waals surface area contributed by atoms with E-state index >= 15 is 0 Å². The van der Waals surface area contributed by atoms with Crippen molar-refractivity contribution in [2.24, 2.45) is 0 Å². The standard InChI is InChI=1S/C27H32ClN3O3S2/c1-22-13-18-35-26(22)20-30(19-23-7-3-2-4-8-23)27(32)21-31(17-16-29-14-5-6-15-29)36(33,34)25-11-9-24(28)10-12-25/h2-4,7-13,18H,5-6,14-17,19-21H2,1H3. The number of sulfonamides is 1. The van der Waals surface area contributed by atoms with Crippen LogP contribution in [0.4, 0.5) is 0 Å². The van der Waals surface area contributed by atoms with Gasteiger partial charge in [0, 0.05) is 29.5 Å². The highest BCUT2D eigenvalue weighted by molar-refractivity contribution is 7.89. The molecular formula is C27H32ClN3O3S2. The maximum Gasteiger partial charge on any atom is 0.243 e. The zero-order valence-electron chi connectivity index (χ0n) is 20.5. The predicted octanol–water partition coefficient (Wildman–Crippen LogP) is 5.03. The molecule has 36 heavy (non-hydrogen) atoms. The first-order valence-electron chi connectivity index (χ1n) is 12.2. The summed E-state index contributed by atoms with van der Waals surface area (Å²) in [6, 6.07) is 18.0. The topological polar surface area (TPSA) is 60.9 Å². The van der Waals surface area contributed by atoms with Crippen LogP contribution in [0.25, 0.3) is 0 Å². The number of halogens is 1. The van der Waals surface area contributed by atoms with Crippen LogP contribution in [0, 0.1) is 6.92 Å². The molecule has 6 nitrogen and oxygen atoms in total. The van der Waals surface area contributed by atoms with Gasteiger partial charge in [-0.25, -0.2) is 8.42 Å². The lowest BCUT2D eigenvalue weighted by Crippen LogP contribution is -2.45. The van der Waals surface area contributed by atoms with Crippen molar-refractivity contribution < 1.29 is 13.2 Å². The van der Waals surface area contributed by atoms with E-state index in [-0.39, 0.29) is 23.9 Å². The van der Waals surface area contributed by atoms with Gasteiger partial charge in [-0.2, -0.15) is 4.31 Å². The molecule has 0 spiro atoms. The maximum atomic E-state index is 13.7. The van der Waals surface area contributed by atoms with Crippen molar-refractivity contribution in [2.45, 2.75) is 37.8 Å². The molecule has 4 rings (SSSR count). The first kappa shape index (κ1) is 26.8. The molecule has 0 unspecified atom stereocenters. The van der Waals surface area contributed by atoms with Gasteiger partial charge in [-0.05, 0) is 79.7 Å². The van der Waals surface area contributed by atoms with Crippen molar-refractivity contribution in [3.8, 4) is 0 Å². The lowest BCUT2D eigenvalue weighted by molar-refractivity contribution is -0.132. The summed E-state index contributed by atoms with van der Waals surface area (Å²) in [6.45, 7) is 5.45. The van der Waals surface area contributed by atoms with Gasteiger partial charge in [-0.15, -0.1) is 11.3 Å². The summed E-state index contributed by atoms with van der Waals surface area (Å²) >= 11 is 7.61. The van der Waals surface area contributed by atoms with E-state index < -0.39 is 10.0 Å². The fraction of sp³-hybridized carbons (Fsp3) is 0.370. The highest BCUT2D eigenvalue weighted by atomic mass is 35.5. The largest absolute Gasteiger partial charge is 0.332 e. The van der Waals surface area contributed by atoms with Crippen LogP contribution in [0.3, 0.4) is 0 Å². The summed E-state index contributed by atoms with van der Waals surface area (Å²) in [5, 5.41) is 2.48. The van der Waals surface area contributed by atoms with Gasteiger partial charge in [0.15, 0.2) is 0 Å². The number of carbonyl (C=O) groups is 1. The van der Waals surface area contributed by atoms with E-state index in [1.807, 2.05) is 48.7 Å². The van der Waals surface area contributed by atoms with E-state index in [0.717, 1.165) is 41.9 Å². The van der Waals surface area contributed by atoms with E-state index in [9.17, 15) is 13.2 Å².